The zero-order valence-electron chi connectivity index (χ0n) is 10.1. The minimum Gasteiger partial charge on any atom is -0.469 e. The summed E-state index contributed by atoms with van der Waals surface area (Å²) in [6.07, 6.45) is 0.162. The quantitative estimate of drug-likeness (QED) is 0.443. The van der Waals surface area contributed by atoms with Gasteiger partial charge in [-0.2, -0.15) is 0 Å². The van der Waals surface area contributed by atoms with Crippen molar-refractivity contribution in [2.45, 2.75) is 6.42 Å². The number of hydrogen-bond acceptors (Lipinski definition) is 7. The molecule has 1 aromatic heterocycles. The Morgan fingerprint density at radius 1 is 1.50 bits per heavy atom. The molecule has 0 bridgehead atoms. The van der Waals surface area contributed by atoms with Crippen molar-refractivity contribution in [2.75, 3.05) is 31.3 Å². The van der Waals surface area contributed by atoms with E-state index in [2.05, 4.69) is 20.4 Å². The van der Waals surface area contributed by atoms with E-state index in [9.17, 15) is 14.9 Å². The Morgan fingerprint density at radius 2 is 2.17 bits per heavy atom. The van der Waals surface area contributed by atoms with Crippen LogP contribution < -0.4 is 10.6 Å². The molecular weight excluding hydrogens is 240 g/mol. The Labute approximate surface area is 104 Å². The topological polar surface area (TPSA) is 106 Å². The number of nitrogens with one attached hydrogen (secondary N) is 2. The highest BCUT2D eigenvalue weighted by molar-refractivity contribution is 5.69. The molecule has 98 valence electrons. The number of esters is 1. The van der Waals surface area contributed by atoms with E-state index in [1.807, 2.05) is 0 Å². The van der Waals surface area contributed by atoms with Crippen molar-refractivity contribution in [2.24, 2.45) is 0 Å². The molecule has 0 amide bonds. The molecule has 0 atom stereocenters. The number of hydrogen-bond donors (Lipinski definition) is 2. The lowest BCUT2D eigenvalue weighted by molar-refractivity contribution is -0.384. The number of carbonyl (C=O) groups excluding carboxylic acids is 1. The number of nitro groups is 1. The molecule has 0 saturated carbocycles. The van der Waals surface area contributed by atoms with E-state index in [1.165, 1.54) is 19.2 Å². The van der Waals surface area contributed by atoms with Gasteiger partial charge in [-0.05, 0) is 0 Å². The maximum atomic E-state index is 10.9. The van der Waals surface area contributed by atoms with E-state index < -0.39 is 4.92 Å². The highest BCUT2D eigenvalue weighted by Crippen LogP contribution is 2.20. The fourth-order valence-corrected chi connectivity index (χ4v) is 1.23. The summed E-state index contributed by atoms with van der Waals surface area (Å²) in [6.45, 7) is 0.296. The molecule has 18 heavy (non-hydrogen) atoms. The van der Waals surface area contributed by atoms with Crippen LogP contribution in [-0.2, 0) is 9.53 Å². The third-order valence-electron chi connectivity index (χ3n) is 2.14. The number of anilines is 2. The van der Waals surface area contributed by atoms with Crippen molar-refractivity contribution < 1.29 is 14.5 Å². The van der Waals surface area contributed by atoms with Crippen molar-refractivity contribution in [3.8, 4) is 0 Å². The summed E-state index contributed by atoms with van der Waals surface area (Å²) in [7, 11) is 2.91. The van der Waals surface area contributed by atoms with Crippen LogP contribution in [0.5, 0.6) is 0 Å². The summed E-state index contributed by atoms with van der Waals surface area (Å²) in [5.74, 6) is 0.351. The predicted molar refractivity (Wildman–Crippen MR) is 65.6 cm³/mol. The summed E-state index contributed by atoms with van der Waals surface area (Å²) in [6, 6.07) is 2.63. The molecule has 0 aliphatic carbocycles. The second-order valence-corrected chi connectivity index (χ2v) is 3.36. The molecule has 0 radical (unpaired) electrons. The monoisotopic (exact) mass is 254 g/mol. The second-order valence-electron chi connectivity index (χ2n) is 3.36. The summed E-state index contributed by atoms with van der Waals surface area (Å²) < 4.78 is 4.48. The summed E-state index contributed by atoms with van der Waals surface area (Å²) in [5, 5.41) is 16.2. The first-order valence-corrected chi connectivity index (χ1v) is 5.21. The lowest BCUT2D eigenvalue weighted by atomic mass is 10.3. The minimum absolute atomic E-state index is 0.0741. The van der Waals surface area contributed by atoms with E-state index in [-0.39, 0.29) is 18.1 Å². The third-order valence-corrected chi connectivity index (χ3v) is 2.14. The standard InChI is InChI=1S/C10H14N4O4/c1-11-8-5-7(14(16)17)6-9(13-8)12-4-3-10(15)18-2/h5-6H,3-4H2,1-2H3,(H2,11,12,13). The zero-order valence-corrected chi connectivity index (χ0v) is 10.1. The predicted octanol–water partition coefficient (Wildman–Crippen LogP) is 1.01. The average molecular weight is 254 g/mol. The molecule has 0 fully saturated rings. The Kier molecular flexibility index (Phi) is 4.85. The van der Waals surface area contributed by atoms with Crippen LogP contribution in [0, 0.1) is 10.1 Å². The number of pyridine rings is 1. The van der Waals surface area contributed by atoms with Gasteiger partial charge in [-0.1, -0.05) is 0 Å². The van der Waals surface area contributed by atoms with Crippen molar-refractivity contribution in [1.29, 1.82) is 0 Å². The highest BCUT2D eigenvalue weighted by Gasteiger charge is 2.10. The molecule has 0 saturated heterocycles. The first-order valence-electron chi connectivity index (χ1n) is 5.21. The van der Waals surface area contributed by atoms with Gasteiger partial charge in [0.15, 0.2) is 0 Å². The van der Waals surface area contributed by atoms with E-state index in [0.29, 0.717) is 18.2 Å². The SMILES string of the molecule is CNc1cc([N+](=O)[O-])cc(NCCC(=O)OC)n1. The van der Waals surface area contributed by atoms with Crippen LogP contribution in [0.1, 0.15) is 6.42 Å². The number of ether oxygens (including phenoxy) is 1. The van der Waals surface area contributed by atoms with E-state index in [4.69, 9.17) is 0 Å². The highest BCUT2D eigenvalue weighted by atomic mass is 16.6. The van der Waals surface area contributed by atoms with Gasteiger partial charge in [0.1, 0.15) is 11.6 Å². The summed E-state index contributed by atoms with van der Waals surface area (Å²) in [5.41, 5.74) is -0.0741. The van der Waals surface area contributed by atoms with Crippen molar-refractivity contribution >= 4 is 23.3 Å². The van der Waals surface area contributed by atoms with E-state index in [0.717, 1.165) is 0 Å². The molecule has 1 aromatic rings. The Balaban J connectivity index is 2.72. The van der Waals surface area contributed by atoms with Crippen molar-refractivity contribution in [3.05, 3.63) is 22.2 Å². The van der Waals surface area contributed by atoms with Gasteiger partial charge >= 0.3 is 5.97 Å². The lowest BCUT2D eigenvalue weighted by Crippen LogP contribution is -2.11. The molecule has 0 unspecified atom stereocenters. The fraction of sp³-hybridized carbons (Fsp3) is 0.400. The van der Waals surface area contributed by atoms with Gasteiger partial charge in [0.05, 0.1) is 30.6 Å². The molecule has 0 aromatic carbocycles. The van der Waals surface area contributed by atoms with Crippen LogP contribution in [0.2, 0.25) is 0 Å². The maximum absolute atomic E-state index is 10.9. The first kappa shape index (κ1) is 13.7. The van der Waals surface area contributed by atoms with Gasteiger partial charge in [0, 0.05) is 13.6 Å². The Bertz CT molecular complexity index is 450. The van der Waals surface area contributed by atoms with Crippen LogP contribution >= 0.6 is 0 Å². The molecule has 1 rings (SSSR count). The molecule has 0 aliphatic rings. The molecule has 8 heteroatoms. The lowest BCUT2D eigenvalue weighted by Gasteiger charge is -2.06. The summed E-state index contributed by atoms with van der Waals surface area (Å²) >= 11 is 0. The van der Waals surface area contributed by atoms with E-state index >= 15 is 0 Å². The van der Waals surface area contributed by atoms with Crippen molar-refractivity contribution in [1.82, 2.24) is 4.98 Å². The second kappa shape index (κ2) is 6.38. The van der Waals surface area contributed by atoms with Crippen LogP contribution in [0.15, 0.2) is 12.1 Å². The number of rotatable bonds is 6. The van der Waals surface area contributed by atoms with Crippen LogP contribution in [0.25, 0.3) is 0 Å². The van der Waals surface area contributed by atoms with Crippen LogP contribution in [-0.4, -0.2) is 36.6 Å². The first-order chi connectivity index (χ1) is 8.56. The van der Waals surface area contributed by atoms with Gasteiger partial charge in [-0.15, -0.1) is 0 Å². The normalized spacial score (nSPS) is 9.67. The minimum atomic E-state index is -0.506. The largest absolute Gasteiger partial charge is 0.469 e. The molecule has 0 aliphatic heterocycles. The molecule has 0 spiro atoms. The van der Waals surface area contributed by atoms with Crippen LogP contribution in [0.4, 0.5) is 17.3 Å². The number of nitrogens with zero attached hydrogens (tertiary/aromatic N) is 2. The number of aromatic nitrogens is 1. The Morgan fingerprint density at radius 3 is 2.72 bits per heavy atom. The van der Waals surface area contributed by atoms with Crippen molar-refractivity contribution in [3.63, 3.8) is 0 Å². The van der Waals surface area contributed by atoms with Gasteiger partial charge < -0.3 is 15.4 Å². The number of carbonyl (C=O) groups is 1. The van der Waals surface area contributed by atoms with Gasteiger partial charge in [-0.25, -0.2) is 4.98 Å². The molecular formula is C10H14N4O4. The zero-order chi connectivity index (χ0) is 13.5. The van der Waals surface area contributed by atoms with Crippen LogP contribution in [0.3, 0.4) is 0 Å². The molecule has 2 N–H and O–H groups in total. The maximum Gasteiger partial charge on any atom is 0.307 e. The fourth-order valence-electron chi connectivity index (χ4n) is 1.23. The van der Waals surface area contributed by atoms with E-state index in [1.54, 1.807) is 7.05 Å². The summed E-state index contributed by atoms with van der Waals surface area (Å²) in [4.78, 5) is 25.2. The Hall–Kier alpha value is -2.38. The van der Waals surface area contributed by atoms with Gasteiger partial charge in [0.2, 0.25) is 0 Å². The smallest absolute Gasteiger partial charge is 0.307 e. The third kappa shape index (κ3) is 3.89. The van der Waals surface area contributed by atoms with Gasteiger partial charge in [0.25, 0.3) is 5.69 Å². The molecule has 1 heterocycles. The average Bonchev–Trinajstić information content (AvgIpc) is 2.37. The number of methoxy groups -OCH3 is 1. The van der Waals surface area contributed by atoms with Gasteiger partial charge in [-0.3, -0.25) is 14.9 Å². The molecule has 8 nitrogen and oxygen atoms in total.